The average molecular weight is 426 g/mol. The number of amides is 1. The molecule has 0 spiro atoms. The van der Waals surface area contributed by atoms with Gasteiger partial charge in [-0.3, -0.25) is 4.79 Å². The van der Waals surface area contributed by atoms with Crippen LogP contribution in [0.15, 0.2) is 24.3 Å². The minimum absolute atomic E-state index is 0.135. The predicted octanol–water partition coefficient (Wildman–Crippen LogP) is 3.72. The van der Waals surface area contributed by atoms with Crippen molar-refractivity contribution in [2.45, 2.75) is 64.0 Å². The molecule has 1 aromatic rings. The highest BCUT2D eigenvalue weighted by Gasteiger charge is 2.56. The van der Waals surface area contributed by atoms with Crippen molar-refractivity contribution in [1.82, 2.24) is 4.90 Å². The molecule has 31 heavy (non-hydrogen) atoms. The van der Waals surface area contributed by atoms with Crippen LogP contribution in [0.5, 0.6) is 0 Å². The van der Waals surface area contributed by atoms with E-state index < -0.39 is 12.0 Å². The van der Waals surface area contributed by atoms with Gasteiger partial charge in [0.1, 0.15) is 12.6 Å². The molecule has 0 N–H and O–H groups in total. The zero-order chi connectivity index (χ0) is 21.6. The van der Waals surface area contributed by atoms with Gasteiger partial charge in [0.05, 0.1) is 18.1 Å². The molecule has 1 aliphatic heterocycles. The van der Waals surface area contributed by atoms with Gasteiger partial charge in [-0.2, -0.15) is 0 Å². The number of carbonyl (C=O) groups is 3. The van der Waals surface area contributed by atoms with Crippen molar-refractivity contribution in [2.24, 2.45) is 23.2 Å². The predicted molar refractivity (Wildman–Crippen MR) is 113 cm³/mol. The van der Waals surface area contributed by atoms with Crippen molar-refractivity contribution in [3.63, 3.8) is 0 Å². The second kappa shape index (κ2) is 7.95. The molecule has 0 radical (unpaired) electrons. The van der Waals surface area contributed by atoms with Gasteiger partial charge in [-0.05, 0) is 86.8 Å². The zero-order valence-corrected chi connectivity index (χ0v) is 18.2. The molecule has 6 rings (SSSR count). The highest BCUT2D eigenvalue weighted by atomic mass is 16.5. The molecule has 1 amide bonds. The van der Waals surface area contributed by atoms with E-state index in [1.165, 1.54) is 26.4 Å². The number of methoxy groups -OCH3 is 1. The molecule has 0 aromatic heterocycles. The lowest BCUT2D eigenvalue weighted by molar-refractivity contribution is -0.166. The minimum Gasteiger partial charge on any atom is -0.465 e. The lowest BCUT2D eigenvalue weighted by Gasteiger charge is -2.56. The average Bonchev–Trinajstić information content (AvgIpc) is 3.25. The molecule has 5 aliphatic rings. The van der Waals surface area contributed by atoms with Crippen LogP contribution in [-0.4, -0.2) is 42.4 Å². The number of hydrogen-bond donors (Lipinski definition) is 0. The summed E-state index contributed by atoms with van der Waals surface area (Å²) in [5.41, 5.74) is 1.04. The largest absolute Gasteiger partial charge is 0.465 e. The summed E-state index contributed by atoms with van der Waals surface area (Å²) in [6.45, 7) is 0.796. The standard InChI is InChI=1S/C25H31NO5/c1-30-22(27)20-6-4-16(5-7-20)15-31-23(28)21-3-2-8-26(21)24(29)25-12-17-9-18(13-25)11-19(10-17)14-25/h4-7,17-19,21H,2-3,8-15H2,1H3/t17?,18?,19?,21-,25?/m1/s1. The van der Waals surface area contributed by atoms with Crippen LogP contribution in [0, 0.1) is 23.2 Å². The maximum atomic E-state index is 13.7. The fraction of sp³-hybridized carbons (Fsp3) is 0.640. The van der Waals surface area contributed by atoms with Crippen LogP contribution in [-0.2, 0) is 25.7 Å². The number of nitrogens with zero attached hydrogens (tertiary/aromatic N) is 1. The van der Waals surface area contributed by atoms with Gasteiger partial charge in [0.15, 0.2) is 0 Å². The van der Waals surface area contributed by atoms with E-state index >= 15 is 0 Å². The van der Waals surface area contributed by atoms with E-state index in [1.807, 2.05) is 4.90 Å². The van der Waals surface area contributed by atoms with E-state index in [2.05, 4.69) is 0 Å². The van der Waals surface area contributed by atoms with Crippen molar-refractivity contribution in [3.05, 3.63) is 35.4 Å². The molecule has 6 nitrogen and oxygen atoms in total. The highest BCUT2D eigenvalue weighted by Crippen LogP contribution is 2.60. The van der Waals surface area contributed by atoms with Gasteiger partial charge in [-0.15, -0.1) is 0 Å². The smallest absolute Gasteiger partial charge is 0.337 e. The van der Waals surface area contributed by atoms with Crippen molar-refractivity contribution >= 4 is 17.8 Å². The molecule has 5 fully saturated rings. The second-order valence-corrected chi connectivity index (χ2v) is 10.2. The normalized spacial score (nSPS) is 33.4. The summed E-state index contributed by atoms with van der Waals surface area (Å²) in [5, 5.41) is 0. The molecule has 0 unspecified atom stereocenters. The Kier molecular flexibility index (Phi) is 5.27. The van der Waals surface area contributed by atoms with E-state index in [0.717, 1.165) is 31.2 Å². The first-order chi connectivity index (χ1) is 15.0. The van der Waals surface area contributed by atoms with Gasteiger partial charge < -0.3 is 14.4 Å². The van der Waals surface area contributed by atoms with Gasteiger partial charge in [-0.25, -0.2) is 9.59 Å². The molecule has 166 valence electrons. The molecule has 1 saturated heterocycles. The summed E-state index contributed by atoms with van der Waals surface area (Å²) >= 11 is 0. The van der Waals surface area contributed by atoms with Crippen LogP contribution in [0.4, 0.5) is 0 Å². The molecular formula is C25H31NO5. The summed E-state index contributed by atoms with van der Waals surface area (Å²) in [6, 6.07) is 6.37. The summed E-state index contributed by atoms with van der Waals surface area (Å²) in [6.07, 6.45) is 8.48. The molecule has 4 bridgehead atoms. The number of likely N-dealkylation sites (tertiary alicyclic amines) is 1. The molecule has 1 heterocycles. The Morgan fingerprint density at radius 2 is 1.61 bits per heavy atom. The molecule has 4 saturated carbocycles. The molecular weight excluding hydrogens is 394 g/mol. The lowest BCUT2D eigenvalue weighted by Crippen LogP contribution is -2.56. The lowest BCUT2D eigenvalue weighted by atomic mass is 9.49. The number of esters is 2. The number of hydrogen-bond acceptors (Lipinski definition) is 5. The Morgan fingerprint density at radius 1 is 1.00 bits per heavy atom. The SMILES string of the molecule is COC(=O)c1ccc(COC(=O)[C@H]2CCCN2C(=O)C23CC4CC(CC(C4)C2)C3)cc1. The Morgan fingerprint density at radius 3 is 2.19 bits per heavy atom. The van der Waals surface area contributed by atoms with E-state index in [-0.39, 0.29) is 23.9 Å². The van der Waals surface area contributed by atoms with Gasteiger partial charge in [0, 0.05) is 6.54 Å². The molecule has 4 aliphatic carbocycles. The Hall–Kier alpha value is -2.37. The maximum Gasteiger partial charge on any atom is 0.337 e. The third kappa shape index (κ3) is 3.74. The second-order valence-electron chi connectivity index (χ2n) is 10.2. The first-order valence-electron chi connectivity index (χ1n) is 11.6. The van der Waals surface area contributed by atoms with Crippen LogP contribution in [0.25, 0.3) is 0 Å². The third-order valence-corrected chi connectivity index (χ3v) is 8.03. The fourth-order valence-electron chi connectivity index (χ4n) is 7.04. The van der Waals surface area contributed by atoms with Gasteiger partial charge in [0.25, 0.3) is 0 Å². The first kappa shape index (κ1) is 20.5. The Balaban J connectivity index is 1.22. The third-order valence-electron chi connectivity index (χ3n) is 8.03. The van der Waals surface area contributed by atoms with Crippen LogP contribution < -0.4 is 0 Å². The zero-order valence-electron chi connectivity index (χ0n) is 18.2. The highest BCUT2D eigenvalue weighted by molar-refractivity contribution is 5.90. The van der Waals surface area contributed by atoms with Crippen LogP contribution in [0.3, 0.4) is 0 Å². The van der Waals surface area contributed by atoms with Crippen molar-refractivity contribution < 1.29 is 23.9 Å². The molecule has 6 heteroatoms. The van der Waals surface area contributed by atoms with E-state index in [9.17, 15) is 14.4 Å². The quantitative estimate of drug-likeness (QED) is 0.672. The summed E-state index contributed by atoms with van der Waals surface area (Å²) in [5.74, 6) is 1.62. The van der Waals surface area contributed by atoms with Crippen molar-refractivity contribution in [3.8, 4) is 0 Å². The summed E-state index contributed by atoms with van der Waals surface area (Å²) in [4.78, 5) is 40.0. The van der Waals surface area contributed by atoms with E-state index in [1.54, 1.807) is 24.3 Å². The minimum atomic E-state index is -0.463. The maximum absolute atomic E-state index is 13.7. The van der Waals surface area contributed by atoms with E-state index in [0.29, 0.717) is 36.3 Å². The Bertz CT molecular complexity index is 841. The number of benzene rings is 1. The van der Waals surface area contributed by atoms with Crippen LogP contribution in [0.2, 0.25) is 0 Å². The van der Waals surface area contributed by atoms with Gasteiger partial charge >= 0.3 is 11.9 Å². The number of ether oxygens (including phenoxy) is 2. The number of carbonyl (C=O) groups excluding carboxylic acids is 3. The topological polar surface area (TPSA) is 72.9 Å². The van der Waals surface area contributed by atoms with Crippen molar-refractivity contribution in [1.29, 1.82) is 0 Å². The van der Waals surface area contributed by atoms with Gasteiger partial charge in [0.2, 0.25) is 5.91 Å². The molecule has 1 atom stereocenters. The Labute approximate surface area is 183 Å². The summed E-state index contributed by atoms with van der Waals surface area (Å²) < 4.78 is 10.3. The van der Waals surface area contributed by atoms with Gasteiger partial charge in [-0.1, -0.05) is 12.1 Å². The first-order valence-corrected chi connectivity index (χ1v) is 11.6. The number of rotatable bonds is 5. The molecule has 1 aromatic carbocycles. The van der Waals surface area contributed by atoms with Crippen LogP contribution >= 0.6 is 0 Å². The van der Waals surface area contributed by atoms with E-state index in [4.69, 9.17) is 9.47 Å². The fourth-order valence-corrected chi connectivity index (χ4v) is 7.04. The van der Waals surface area contributed by atoms with Crippen molar-refractivity contribution in [2.75, 3.05) is 13.7 Å². The monoisotopic (exact) mass is 425 g/mol. The summed E-state index contributed by atoms with van der Waals surface area (Å²) in [7, 11) is 1.34. The van der Waals surface area contributed by atoms with Crippen LogP contribution in [0.1, 0.15) is 67.3 Å².